The second-order valence-corrected chi connectivity index (χ2v) is 4.86. The van der Waals surface area contributed by atoms with Crippen LogP contribution in [0, 0.1) is 0 Å². The van der Waals surface area contributed by atoms with Crippen molar-refractivity contribution in [2.24, 2.45) is 0 Å². The summed E-state index contributed by atoms with van der Waals surface area (Å²) in [5.74, 6) is 0.832. The fourth-order valence-electron chi connectivity index (χ4n) is 1.15. The van der Waals surface area contributed by atoms with E-state index >= 15 is 0 Å². The van der Waals surface area contributed by atoms with Gasteiger partial charge in [0, 0.05) is 12.4 Å². The van der Waals surface area contributed by atoms with Crippen LogP contribution in [0.3, 0.4) is 0 Å². The largest absolute Gasteiger partial charge is 0.496 e. The molecule has 0 bridgehead atoms. The Morgan fingerprint density at radius 1 is 1.19 bits per heavy atom. The maximum atomic E-state index is 5.26. The maximum absolute atomic E-state index is 5.26. The SMILES string of the molecule is COc1ccccc1Sc1ncc(Br)cn1. The topological polar surface area (TPSA) is 35.0 Å². The predicted molar refractivity (Wildman–Crippen MR) is 66.8 cm³/mol. The van der Waals surface area contributed by atoms with Crippen LogP contribution in [0.25, 0.3) is 0 Å². The summed E-state index contributed by atoms with van der Waals surface area (Å²) in [7, 11) is 1.65. The summed E-state index contributed by atoms with van der Waals surface area (Å²) in [6.45, 7) is 0. The molecule has 0 saturated heterocycles. The number of aromatic nitrogens is 2. The molecule has 0 aliphatic carbocycles. The summed E-state index contributed by atoms with van der Waals surface area (Å²) >= 11 is 4.78. The molecule has 0 amide bonds. The highest BCUT2D eigenvalue weighted by Crippen LogP contribution is 2.32. The molecule has 0 unspecified atom stereocenters. The lowest BCUT2D eigenvalue weighted by Gasteiger charge is -2.05. The molecule has 0 fully saturated rings. The molecular weight excluding hydrogens is 288 g/mol. The third kappa shape index (κ3) is 2.74. The van der Waals surface area contributed by atoms with Gasteiger partial charge in [-0.1, -0.05) is 12.1 Å². The fraction of sp³-hybridized carbons (Fsp3) is 0.0909. The molecule has 0 spiro atoms. The molecule has 16 heavy (non-hydrogen) atoms. The van der Waals surface area contributed by atoms with Crippen LogP contribution in [-0.2, 0) is 0 Å². The number of ether oxygens (including phenoxy) is 1. The monoisotopic (exact) mass is 296 g/mol. The highest BCUT2D eigenvalue weighted by Gasteiger charge is 2.05. The minimum absolute atomic E-state index is 0.702. The lowest BCUT2D eigenvalue weighted by Crippen LogP contribution is -1.88. The van der Waals surface area contributed by atoms with Crippen molar-refractivity contribution >= 4 is 27.7 Å². The van der Waals surface area contributed by atoms with E-state index in [1.165, 1.54) is 11.8 Å². The smallest absolute Gasteiger partial charge is 0.192 e. The fourth-order valence-corrected chi connectivity index (χ4v) is 2.17. The van der Waals surface area contributed by atoms with Gasteiger partial charge in [-0.3, -0.25) is 0 Å². The van der Waals surface area contributed by atoms with Crippen molar-refractivity contribution in [3.05, 3.63) is 41.1 Å². The summed E-state index contributed by atoms with van der Waals surface area (Å²) in [6, 6.07) is 7.80. The molecule has 2 aromatic rings. The van der Waals surface area contributed by atoms with Crippen LogP contribution in [0.5, 0.6) is 5.75 Å². The zero-order chi connectivity index (χ0) is 11.4. The van der Waals surface area contributed by atoms with E-state index < -0.39 is 0 Å². The van der Waals surface area contributed by atoms with Crippen LogP contribution in [0.4, 0.5) is 0 Å². The minimum atomic E-state index is 0.702. The molecule has 0 aliphatic rings. The molecule has 0 aliphatic heterocycles. The lowest BCUT2D eigenvalue weighted by molar-refractivity contribution is 0.405. The standard InChI is InChI=1S/C11H9BrN2OS/c1-15-9-4-2-3-5-10(9)16-11-13-6-8(12)7-14-11/h2-7H,1H3. The first kappa shape index (κ1) is 11.4. The summed E-state index contributed by atoms with van der Waals surface area (Å²) in [6.07, 6.45) is 3.45. The average molecular weight is 297 g/mol. The van der Waals surface area contributed by atoms with Gasteiger partial charge in [-0.25, -0.2) is 9.97 Å². The number of halogens is 1. The van der Waals surface area contributed by atoms with Crippen molar-refractivity contribution in [1.82, 2.24) is 9.97 Å². The normalized spacial score (nSPS) is 10.1. The highest BCUT2D eigenvalue weighted by molar-refractivity contribution is 9.10. The first-order chi connectivity index (χ1) is 7.79. The van der Waals surface area contributed by atoms with Crippen molar-refractivity contribution in [2.75, 3.05) is 7.11 Å². The second kappa shape index (κ2) is 5.32. The Morgan fingerprint density at radius 2 is 1.88 bits per heavy atom. The Bertz CT molecular complexity index is 476. The molecule has 5 heteroatoms. The van der Waals surface area contributed by atoms with Gasteiger partial charge in [0.1, 0.15) is 5.75 Å². The predicted octanol–water partition coefficient (Wildman–Crippen LogP) is 3.40. The van der Waals surface area contributed by atoms with Gasteiger partial charge in [0.05, 0.1) is 16.5 Å². The third-order valence-corrected chi connectivity index (χ3v) is 3.23. The van der Waals surface area contributed by atoms with Gasteiger partial charge in [-0.05, 0) is 39.8 Å². The molecule has 82 valence electrons. The zero-order valence-electron chi connectivity index (χ0n) is 8.55. The molecule has 0 atom stereocenters. The summed E-state index contributed by atoms with van der Waals surface area (Å²) in [5.41, 5.74) is 0. The van der Waals surface area contributed by atoms with Crippen molar-refractivity contribution in [2.45, 2.75) is 10.1 Å². The van der Waals surface area contributed by atoms with E-state index in [0.717, 1.165) is 15.1 Å². The average Bonchev–Trinajstić information content (AvgIpc) is 2.33. The number of benzene rings is 1. The Labute approximate surface area is 106 Å². The zero-order valence-corrected chi connectivity index (χ0v) is 11.0. The van der Waals surface area contributed by atoms with Crippen molar-refractivity contribution in [3.8, 4) is 5.75 Å². The van der Waals surface area contributed by atoms with Crippen LogP contribution in [0.15, 0.2) is 51.2 Å². The maximum Gasteiger partial charge on any atom is 0.192 e. The van der Waals surface area contributed by atoms with Gasteiger partial charge in [0.2, 0.25) is 0 Å². The van der Waals surface area contributed by atoms with Gasteiger partial charge in [0.25, 0.3) is 0 Å². The number of hydrogen-bond donors (Lipinski definition) is 0. The van der Waals surface area contributed by atoms with Crippen LogP contribution in [0.2, 0.25) is 0 Å². The molecule has 1 aromatic heterocycles. The van der Waals surface area contributed by atoms with Crippen molar-refractivity contribution < 1.29 is 4.74 Å². The lowest BCUT2D eigenvalue weighted by atomic mass is 10.3. The summed E-state index contributed by atoms with van der Waals surface area (Å²) in [5, 5.41) is 0.702. The number of para-hydroxylation sites is 1. The van der Waals surface area contributed by atoms with E-state index in [9.17, 15) is 0 Å². The minimum Gasteiger partial charge on any atom is -0.496 e. The van der Waals surface area contributed by atoms with E-state index in [2.05, 4.69) is 25.9 Å². The Morgan fingerprint density at radius 3 is 2.56 bits per heavy atom. The van der Waals surface area contributed by atoms with Gasteiger partial charge < -0.3 is 4.74 Å². The number of nitrogens with zero attached hydrogens (tertiary/aromatic N) is 2. The molecule has 3 nitrogen and oxygen atoms in total. The van der Waals surface area contributed by atoms with E-state index in [4.69, 9.17) is 4.74 Å². The molecule has 0 saturated carbocycles. The van der Waals surface area contributed by atoms with Crippen LogP contribution in [0.1, 0.15) is 0 Å². The first-order valence-corrected chi connectivity index (χ1v) is 6.19. The highest BCUT2D eigenvalue weighted by atomic mass is 79.9. The summed E-state index contributed by atoms with van der Waals surface area (Å²) < 4.78 is 6.13. The quantitative estimate of drug-likeness (QED) is 0.813. The Kier molecular flexibility index (Phi) is 3.79. The Balaban J connectivity index is 2.23. The summed E-state index contributed by atoms with van der Waals surface area (Å²) in [4.78, 5) is 9.40. The van der Waals surface area contributed by atoms with Crippen LogP contribution >= 0.6 is 27.7 Å². The molecule has 0 N–H and O–H groups in total. The first-order valence-electron chi connectivity index (χ1n) is 4.58. The van der Waals surface area contributed by atoms with Crippen molar-refractivity contribution in [1.29, 1.82) is 0 Å². The number of rotatable bonds is 3. The van der Waals surface area contributed by atoms with E-state index in [-0.39, 0.29) is 0 Å². The van der Waals surface area contributed by atoms with E-state index in [1.807, 2.05) is 24.3 Å². The van der Waals surface area contributed by atoms with Crippen LogP contribution in [-0.4, -0.2) is 17.1 Å². The van der Waals surface area contributed by atoms with E-state index in [0.29, 0.717) is 5.16 Å². The molecule has 1 aromatic carbocycles. The van der Waals surface area contributed by atoms with Gasteiger partial charge in [-0.15, -0.1) is 0 Å². The molecule has 2 rings (SSSR count). The van der Waals surface area contributed by atoms with Gasteiger partial charge >= 0.3 is 0 Å². The molecule has 1 heterocycles. The Hall–Kier alpha value is -1.07. The number of hydrogen-bond acceptors (Lipinski definition) is 4. The molecular formula is C11H9BrN2OS. The second-order valence-electron chi connectivity index (χ2n) is 2.94. The van der Waals surface area contributed by atoms with E-state index in [1.54, 1.807) is 19.5 Å². The number of methoxy groups -OCH3 is 1. The molecule has 0 radical (unpaired) electrons. The van der Waals surface area contributed by atoms with Gasteiger partial charge in [0.15, 0.2) is 5.16 Å². The van der Waals surface area contributed by atoms with Crippen LogP contribution < -0.4 is 4.74 Å². The third-order valence-electron chi connectivity index (χ3n) is 1.87. The van der Waals surface area contributed by atoms with Crippen molar-refractivity contribution in [3.63, 3.8) is 0 Å². The van der Waals surface area contributed by atoms with Gasteiger partial charge in [-0.2, -0.15) is 0 Å².